The van der Waals surface area contributed by atoms with Crippen molar-refractivity contribution in [1.82, 2.24) is 20.1 Å². The van der Waals surface area contributed by atoms with Crippen LogP contribution >= 0.6 is 0 Å². The van der Waals surface area contributed by atoms with E-state index in [1.165, 1.54) is 0 Å². The van der Waals surface area contributed by atoms with Gasteiger partial charge in [0.15, 0.2) is 11.5 Å². The average Bonchev–Trinajstić information content (AvgIpc) is 3.43. The average molecular weight is 378 g/mol. The van der Waals surface area contributed by atoms with Gasteiger partial charge in [0.1, 0.15) is 5.69 Å². The van der Waals surface area contributed by atoms with E-state index >= 15 is 0 Å². The van der Waals surface area contributed by atoms with Gasteiger partial charge in [-0.25, -0.2) is 0 Å². The van der Waals surface area contributed by atoms with Crippen LogP contribution < -0.4 is 9.47 Å². The predicted octanol–water partition coefficient (Wildman–Crippen LogP) is 2.88. The molecule has 142 valence electrons. The first kappa shape index (κ1) is 16.7. The van der Waals surface area contributed by atoms with E-state index in [-0.39, 0.29) is 18.6 Å². The predicted molar refractivity (Wildman–Crippen MR) is 98.0 cm³/mol. The molecule has 1 saturated heterocycles. The van der Waals surface area contributed by atoms with Gasteiger partial charge in [-0.15, -0.1) is 10.2 Å². The number of aromatic nitrogens is 3. The van der Waals surface area contributed by atoms with Crippen molar-refractivity contribution in [1.29, 1.82) is 0 Å². The van der Waals surface area contributed by atoms with E-state index < -0.39 is 0 Å². The number of hydrogen-bond acceptors (Lipinski definition) is 7. The molecule has 2 aliphatic heterocycles. The second-order valence-corrected chi connectivity index (χ2v) is 6.82. The number of likely N-dealkylation sites (tertiary alicyclic amines) is 1. The maximum absolute atomic E-state index is 12.7. The van der Waals surface area contributed by atoms with E-state index in [9.17, 15) is 4.79 Å². The monoisotopic (exact) mass is 378 g/mol. The lowest BCUT2D eigenvalue weighted by atomic mass is 9.97. The first-order valence-corrected chi connectivity index (χ1v) is 9.21. The molecular formula is C20H18N4O4. The molecule has 0 N–H and O–H groups in total. The molecule has 5 rings (SSSR count). The third-order valence-electron chi connectivity index (χ3n) is 5.00. The molecular weight excluding hydrogens is 360 g/mol. The lowest BCUT2D eigenvalue weighted by Gasteiger charge is -2.30. The van der Waals surface area contributed by atoms with Gasteiger partial charge in [0.05, 0.1) is 5.92 Å². The minimum Gasteiger partial charge on any atom is -0.454 e. The van der Waals surface area contributed by atoms with Gasteiger partial charge >= 0.3 is 0 Å². The molecule has 8 nitrogen and oxygen atoms in total. The number of pyridine rings is 1. The standard InChI is InChI=1S/C20H18N4O4/c25-20(15-5-1-2-8-21-15)24-9-3-4-14(11-24)19-23-22-18(28-19)13-6-7-16-17(10-13)27-12-26-16/h1-2,5-8,10,14H,3-4,9,11-12H2. The zero-order chi connectivity index (χ0) is 18.9. The Labute approximate surface area is 161 Å². The quantitative estimate of drug-likeness (QED) is 0.692. The fraction of sp³-hybridized carbons (Fsp3) is 0.300. The number of carbonyl (C=O) groups is 1. The number of amides is 1. The van der Waals surface area contributed by atoms with Gasteiger partial charge in [-0.2, -0.15) is 0 Å². The van der Waals surface area contributed by atoms with Gasteiger partial charge < -0.3 is 18.8 Å². The molecule has 4 heterocycles. The molecule has 0 spiro atoms. The summed E-state index contributed by atoms with van der Waals surface area (Å²) < 4.78 is 16.7. The molecule has 28 heavy (non-hydrogen) atoms. The minimum absolute atomic E-state index is 0.0108. The molecule has 0 aliphatic carbocycles. The SMILES string of the molecule is O=C(c1ccccn1)N1CCCC(c2nnc(-c3ccc4c(c3)OCO4)o2)C1. The van der Waals surface area contributed by atoms with E-state index in [0.717, 1.165) is 18.4 Å². The summed E-state index contributed by atoms with van der Waals surface area (Å²) in [4.78, 5) is 18.6. The van der Waals surface area contributed by atoms with Crippen LogP contribution in [0.15, 0.2) is 47.0 Å². The molecule has 1 unspecified atom stereocenters. The second kappa shape index (κ2) is 6.95. The molecule has 8 heteroatoms. The minimum atomic E-state index is -0.0687. The molecule has 1 amide bonds. The Morgan fingerprint density at radius 3 is 2.93 bits per heavy atom. The molecule has 2 aliphatic rings. The Morgan fingerprint density at radius 1 is 1.11 bits per heavy atom. The van der Waals surface area contributed by atoms with E-state index in [1.807, 2.05) is 24.3 Å². The van der Waals surface area contributed by atoms with Crippen LogP contribution in [0.3, 0.4) is 0 Å². The first-order valence-electron chi connectivity index (χ1n) is 9.21. The van der Waals surface area contributed by atoms with Gasteiger partial charge in [-0.3, -0.25) is 9.78 Å². The highest BCUT2D eigenvalue weighted by atomic mass is 16.7. The van der Waals surface area contributed by atoms with Crippen LogP contribution in [0.1, 0.15) is 35.1 Å². The highest BCUT2D eigenvalue weighted by molar-refractivity contribution is 5.92. The smallest absolute Gasteiger partial charge is 0.272 e. The Bertz CT molecular complexity index is 1000. The number of nitrogens with zero attached hydrogens (tertiary/aromatic N) is 4. The molecule has 1 atom stereocenters. The van der Waals surface area contributed by atoms with Gasteiger partial charge in [0.2, 0.25) is 18.6 Å². The van der Waals surface area contributed by atoms with Crippen LogP contribution in [0.25, 0.3) is 11.5 Å². The molecule has 1 fully saturated rings. The van der Waals surface area contributed by atoms with E-state index in [4.69, 9.17) is 13.9 Å². The molecule has 0 bridgehead atoms. The highest BCUT2D eigenvalue weighted by Gasteiger charge is 2.29. The Kier molecular flexibility index (Phi) is 4.16. The van der Waals surface area contributed by atoms with Crippen molar-refractivity contribution in [3.8, 4) is 23.0 Å². The third-order valence-corrected chi connectivity index (χ3v) is 5.00. The molecule has 2 aromatic heterocycles. The summed E-state index contributed by atoms with van der Waals surface area (Å²) >= 11 is 0. The normalized spacial score (nSPS) is 18.3. The van der Waals surface area contributed by atoms with Gasteiger partial charge in [0.25, 0.3) is 5.91 Å². The highest BCUT2D eigenvalue weighted by Crippen LogP contribution is 2.36. The summed E-state index contributed by atoms with van der Waals surface area (Å²) in [5, 5.41) is 8.42. The number of ether oxygens (including phenoxy) is 2. The summed E-state index contributed by atoms with van der Waals surface area (Å²) in [6.07, 6.45) is 3.41. The van der Waals surface area contributed by atoms with Crippen molar-refractivity contribution in [2.75, 3.05) is 19.9 Å². The van der Waals surface area contributed by atoms with Crippen LogP contribution in [0.5, 0.6) is 11.5 Å². The number of carbonyl (C=O) groups excluding carboxylic acids is 1. The largest absolute Gasteiger partial charge is 0.454 e. The third kappa shape index (κ3) is 3.06. The van der Waals surface area contributed by atoms with Gasteiger partial charge in [-0.1, -0.05) is 6.07 Å². The summed E-state index contributed by atoms with van der Waals surface area (Å²) in [6, 6.07) is 10.9. The number of benzene rings is 1. The van der Waals surface area contributed by atoms with Crippen LogP contribution in [0, 0.1) is 0 Å². The maximum atomic E-state index is 12.7. The van der Waals surface area contributed by atoms with Crippen molar-refractivity contribution in [2.24, 2.45) is 0 Å². The van der Waals surface area contributed by atoms with Gasteiger partial charge in [0, 0.05) is 24.8 Å². The van der Waals surface area contributed by atoms with Crippen LogP contribution in [0.2, 0.25) is 0 Å². The van der Waals surface area contributed by atoms with Gasteiger partial charge in [-0.05, 0) is 43.2 Å². The second-order valence-electron chi connectivity index (χ2n) is 6.82. The van der Waals surface area contributed by atoms with Crippen molar-refractivity contribution in [3.63, 3.8) is 0 Å². The lowest BCUT2D eigenvalue weighted by molar-refractivity contribution is 0.0692. The number of hydrogen-bond donors (Lipinski definition) is 0. The van der Waals surface area contributed by atoms with Crippen LogP contribution in [-0.2, 0) is 0 Å². The summed E-state index contributed by atoms with van der Waals surface area (Å²) in [7, 11) is 0. The van der Waals surface area contributed by atoms with E-state index in [2.05, 4.69) is 15.2 Å². The lowest BCUT2D eigenvalue weighted by Crippen LogP contribution is -2.39. The van der Waals surface area contributed by atoms with Crippen molar-refractivity contribution in [3.05, 3.63) is 54.2 Å². The Hall–Kier alpha value is -3.42. The van der Waals surface area contributed by atoms with Crippen molar-refractivity contribution < 1.29 is 18.7 Å². The van der Waals surface area contributed by atoms with Crippen LogP contribution in [-0.4, -0.2) is 45.9 Å². The molecule has 0 saturated carbocycles. The fourth-order valence-corrected chi connectivity index (χ4v) is 3.56. The zero-order valence-corrected chi connectivity index (χ0v) is 15.1. The molecule has 3 aromatic rings. The van der Waals surface area contributed by atoms with Crippen molar-refractivity contribution in [2.45, 2.75) is 18.8 Å². The Morgan fingerprint density at radius 2 is 2.04 bits per heavy atom. The summed E-state index contributed by atoms with van der Waals surface area (Å²) in [5.41, 5.74) is 1.23. The first-order chi connectivity index (χ1) is 13.8. The maximum Gasteiger partial charge on any atom is 0.272 e. The number of fused-ring (bicyclic) bond motifs is 1. The molecule has 0 radical (unpaired) electrons. The summed E-state index contributed by atoms with van der Waals surface area (Å²) in [6.45, 7) is 1.46. The number of piperidine rings is 1. The number of rotatable bonds is 3. The van der Waals surface area contributed by atoms with Crippen molar-refractivity contribution >= 4 is 5.91 Å². The van der Waals surface area contributed by atoms with E-state index in [1.54, 1.807) is 23.2 Å². The fourth-order valence-electron chi connectivity index (χ4n) is 3.56. The molecule has 1 aromatic carbocycles. The van der Waals surface area contributed by atoms with E-state index in [0.29, 0.717) is 42.1 Å². The van der Waals surface area contributed by atoms with Crippen LogP contribution in [0.4, 0.5) is 0 Å². The zero-order valence-electron chi connectivity index (χ0n) is 15.1. The summed E-state index contributed by atoms with van der Waals surface area (Å²) in [5.74, 6) is 2.30. The topological polar surface area (TPSA) is 90.6 Å². The Balaban J connectivity index is 1.33.